The van der Waals surface area contributed by atoms with Gasteiger partial charge in [0.25, 0.3) is 0 Å². The van der Waals surface area contributed by atoms with Crippen LogP contribution in [0, 0.1) is 0 Å². The van der Waals surface area contributed by atoms with Gasteiger partial charge < -0.3 is 9.64 Å². The van der Waals surface area contributed by atoms with Crippen molar-refractivity contribution in [1.82, 2.24) is 14.8 Å². The van der Waals surface area contributed by atoms with Crippen LogP contribution in [-0.4, -0.2) is 58.6 Å². The molecule has 0 atom stereocenters. The first-order valence-electron chi connectivity index (χ1n) is 11.3. The summed E-state index contributed by atoms with van der Waals surface area (Å²) in [6.45, 7) is 8.50. The molecule has 1 aromatic carbocycles. The van der Waals surface area contributed by atoms with E-state index >= 15 is 0 Å². The van der Waals surface area contributed by atoms with Gasteiger partial charge in [0.1, 0.15) is 5.60 Å². The van der Waals surface area contributed by atoms with Gasteiger partial charge in [-0.1, -0.05) is 6.07 Å². The van der Waals surface area contributed by atoms with Gasteiger partial charge in [-0.05, 0) is 51.8 Å². The Bertz CT molecular complexity index is 1120. The Morgan fingerprint density at radius 3 is 2.36 bits per heavy atom. The van der Waals surface area contributed by atoms with Crippen LogP contribution in [0.25, 0.3) is 10.9 Å². The molecule has 0 bridgehead atoms. The Labute approximate surface area is 192 Å². The van der Waals surface area contributed by atoms with Crippen LogP contribution >= 0.6 is 0 Å². The van der Waals surface area contributed by atoms with Crippen molar-refractivity contribution < 1.29 is 23.9 Å². The number of likely N-dealkylation sites (tertiary alicyclic amines) is 1. The van der Waals surface area contributed by atoms with Crippen LogP contribution in [0.3, 0.4) is 0 Å². The second kappa shape index (κ2) is 8.53. The van der Waals surface area contributed by atoms with Crippen LogP contribution in [0.1, 0.15) is 63.4 Å². The topological polar surface area (TPSA) is 101 Å². The minimum absolute atomic E-state index is 0.106. The number of hydrogen-bond donors (Lipinski definition) is 1. The predicted molar refractivity (Wildman–Crippen MR) is 124 cm³/mol. The van der Waals surface area contributed by atoms with Crippen LogP contribution in [0.15, 0.2) is 24.3 Å². The number of nitrogens with zero attached hydrogens (tertiary/aromatic N) is 3. The van der Waals surface area contributed by atoms with Crippen molar-refractivity contribution in [3.8, 4) is 0 Å². The number of ether oxygens (including phenoxy) is 1. The van der Waals surface area contributed by atoms with E-state index < -0.39 is 11.6 Å². The lowest BCUT2D eigenvalue weighted by Crippen LogP contribution is -2.49. The molecule has 2 aliphatic rings. The van der Waals surface area contributed by atoms with E-state index in [2.05, 4.69) is 5.32 Å². The van der Waals surface area contributed by atoms with Crippen LogP contribution < -0.4 is 10.2 Å². The van der Waals surface area contributed by atoms with Crippen molar-refractivity contribution in [2.45, 2.75) is 58.5 Å². The number of aromatic nitrogens is 1. The first-order valence-corrected chi connectivity index (χ1v) is 11.3. The highest BCUT2D eigenvalue weighted by Crippen LogP contribution is 2.34. The molecule has 3 heterocycles. The van der Waals surface area contributed by atoms with Crippen molar-refractivity contribution in [3.63, 3.8) is 0 Å². The fourth-order valence-electron chi connectivity index (χ4n) is 4.53. The molecule has 0 spiro atoms. The van der Waals surface area contributed by atoms with Crippen molar-refractivity contribution in [2.24, 2.45) is 0 Å². The van der Waals surface area contributed by atoms with Crippen molar-refractivity contribution >= 4 is 40.5 Å². The Kier molecular flexibility index (Phi) is 5.90. The van der Waals surface area contributed by atoms with Gasteiger partial charge in [-0.2, -0.15) is 0 Å². The van der Waals surface area contributed by atoms with Crippen LogP contribution in [0.4, 0.5) is 15.3 Å². The van der Waals surface area contributed by atoms with Crippen LogP contribution in [0.2, 0.25) is 0 Å². The fraction of sp³-hybridized carbons (Fsp3) is 0.500. The largest absolute Gasteiger partial charge is 0.444 e. The van der Waals surface area contributed by atoms with Crippen molar-refractivity contribution in [3.05, 3.63) is 30.0 Å². The minimum Gasteiger partial charge on any atom is -0.444 e. The number of anilines is 1. The summed E-state index contributed by atoms with van der Waals surface area (Å²) in [7, 11) is 0. The van der Waals surface area contributed by atoms with Gasteiger partial charge in [-0.25, -0.2) is 9.59 Å². The summed E-state index contributed by atoms with van der Waals surface area (Å²) < 4.78 is 7.19. The number of benzene rings is 1. The van der Waals surface area contributed by atoms with Crippen LogP contribution in [0.5, 0.6) is 0 Å². The lowest BCUT2D eigenvalue weighted by Gasteiger charge is -2.33. The number of nitrogens with one attached hydrogen (secondary N) is 1. The third kappa shape index (κ3) is 4.72. The highest BCUT2D eigenvalue weighted by Gasteiger charge is 2.30. The maximum Gasteiger partial charge on any atom is 0.410 e. The third-order valence-corrected chi connectivity index (χ3v) is 6.06. The van der Waals surface area contributed by atoms with Gasteiger partial charge >= 0.3 is 12.1 Å². The summed E-state index contributed by atoms with van der Waals surface area (Å²) in [6, 6.07) is 7.12. The van der Waals surface area contributed by atoms with E-state index in [1.165, 1.54) is 11.8 Å². The molecule has 0 saturated carbocycles. The number of hydrogen-bond acceptors (Lipinski definition) is 5. The number of fused-ring (bicyclic) bond motifs is 1. The molecule has 9 nitrogen and oxygen atoms in total. The quantitative estimate of drug-likeness (QED) is 0.743. The summed E-state index contributed by atoms with van der Waals surface area (Å²) in [5.74, 6) is -0.270. The van der Waals surface area contributed by atoms with Gasteiger partial charge in [-0.3, -0.25) is 24.4 Å². The van der Waals surface area contributed by atoms with E-state index in [4.69, 9.17) is 4.74 Å². The summed E-state index contributed by atoms with van der Waals surface area (Å²) in [4.78, 5) is 52.0. The smallest absolute Gasteiger partial charge is 0.410 e. The molecule has 2 fully saturated rings. The monoisotopic (exact) mass is 454 g/mol. The molecule has 33 heavy (non-hydrogen) atoms. The molecule has 2 saturated heterocycles. The van der Waals surface area contributed by atoms with Gasteiger partial charge in [0.15, 0.2) is 0 Å². The van der Waals surface area contributed by atoms with E-state index in [0.29, 0.717) is 25.3 Å². The fourth-order valence-corrected chi connectivity index (χ4v) is 4.53. The number of imide groups is 1. The zero-order valence-electron chi connectivity index (χ0n) is 19.5. The highest BCUT2D eigenvalue weighted by atomic mass is 16.6. The maximum absolute atomic E-state index is 12.6. The van der Waals surface area contributed by atoms with Gasteiger partial charge in [0.2, 0.25) is 11.8 Å². The molecule has 2 aromatic rings. The third-order valence-electron chi connectivity index (χ3n) is 6.06. The second-order valence-electron chi connectivity index (χ2n) is 9.66. The number of rotatable bonds is 2. The Morgan fingerprint density at radius 2 is 1.76 bits per heavy atom. The summed E-state index contributed by atoms with van der Waals surface area (Å²) >= 11 is 0. The van der Waals surface area contributed by atoms with Crippen molar-refractivity contribution in [1.29, 1.82) is 0 Å². The molecule has 0 aliphatic carbocycles. The number of urea groups is 1. The van der Waals surface area contributed by atoms with E-state index in [1.807, 2.05) is 45.0 Å². The van der Waals surface area contributed by atoms with Gasteiger partial charge in [0.05, 0.1) is 5.52 Å². The normalized spacial score (nSPS) is 17.9. The maximum atomic E-state index is 12.6. The lowest BCUT2D eigenvalue weighted by atomic mass is 9.93. The lowest BCUT2D eigenvalue weighted by molar-refractivity contribution is -0.120. The van der Waals surface area contributed by atoms with E-state index in [1.54, 1.807) is 9.47 Å². The first kappa shape index (κ1) is 22.8. The molecule has 1 N–H and O–H groups in total. The number of carbonyl (C=O) groups excluding carboxylic acids is 4. The summed E-state index contributed by atoms with van der Waals surface area (Å²) in [5, 5.41) is 3.24. The predicted octanol–water partition coefficient (Wildman–Crippen LogP) is 3.86. The molecule has 1 aromatic heterocycles. The number of carbonyl (C=O) groups is 4. The molecule has 0 radical (unpaired) electrons. The molecule has 9 heteroatoms. The van der Waals surface area contributed by atoms with E-state index in [-0.39, 0.29) is 30.2 Å². The highest BCUT2D eigenvalue weighted by molar-refractivity contribution is 6.06. The average molecular weight is 455 g/mol. The minimum atomic E-state index is -0.536. The molecule has 4 rings (SSSR count). The van der Waals surface area contributed by atoms with E-state index in [9.17, 15) is 19.2 Å². The Morgan fingerprint density at radius 1 is 1.06 bits per heavy atom. The Hall–Kier alpha value is -3.36. The zero-order valence-corrected chi connectivity index (χ0v) is 19.5. The zero-order chi connectivity index (χ0) is 23.9. The molecular weight excluding hydrogens is 424 g/mol. The molecule has 176 valence electrons. The molecular formula is C24H30N4O5. The number of amides is 4. The van der Waals surface area contributed by atoms with Crippen molar-refractivity contribution in [2.75, 3.05) is 24.5 Å². The van der Waals surface area contributed by atoms with Gasteiger partial charge in [-0.15, -0.1) is 0 Å². The SMILES string of the molecule is CC(=O)n1c(C2CCN(C(=O)OC(C)(C)C)CC2)cc2ccc(N3CCC(=O)NC3=O)cc21. The first-order chi connectivity index (χ1) is 15.5. The molecule has 2 aliphatic heterocycles. The second-order valence-corrected chi connectivity index (χ2v) is 9.66. The van der Waals surface area contributed by atoms with Crippen LogP contribution in [-0.2, 0) is 9.53 Å². The summed E-state index contributed by atoms with van der Waals surface area (Å²) in [6.07, 6.45) is 1.38. The molecule has 0 unspecified atom stereocenters. The Balaban J connectivity index is 1.58. The van der Waals surface area contributed by atoms with Gasteiger partial charge in [0, 0.05) is 55.7 Å². The standard InChI is InChI=1S/C24H30N4O5/c1-15(29)28-19(16-7-10-26(11-8-16)23(32)33-24(2,3)4)13-17-5-6-18(14-20(17)28)27-12-9-21(30)25-22(27)31/h5-6,13-14,16H,7-12H2,1-4H3,(H,25,30,31). The van der Waals surface area contributed by atoms with E-state index in [0.717, 1.165) is 29.4 Å². The summed E-state index contributed by atoms with van der Waals surface area (Å²) in [5.41, 5.74) is 1.75. The molecule has 4 amide bonds. The number of piperidine rings is 1. The average Bonchev–Trinajstić information content (AvgIpc) is 3.11.